The molecule has 2 aromatic heterocycles. The first-order valence-corrected chi connectivity index (χ1v) is 9.44. The van der Waals surface area contributed by atoms with Crippen molar-refractivity contribution in [1.82, 2.24) is 9.55 Å². The zero-order chi connectivity index (χ0) is 19.5. The average Bonchev–Trinajstić information content (AvgIpc) is 3.16. The van der Waals surface area contributed by atoms with Gasteiger partial charge in [0.05, 0.1) is 24.5 Å². The summed E-state index contributed by atoms with van der Waals surface area (Å²) in [6, 6.07) is 18.8. The topological polar surface area (TPSA) is 73.2 Å². The molecule has 0 saturated carbocycles. The molecule has 1 N–H and O–H groups in total. The second-order valence-corrected chi connectivity index (χ2v) is 7.15. The molecule has 0 aliphatic rings. The van der Waals surface area contributed by atoms with E-state index in [2.05, 4.69) is 10.3 Å². The Morgan fingerprint density at radius 1 is 1.14 bits per heavy atom. The van der Waals surface area contributed by atoms with Crippen molar-refractivity contribution in [3.8, 4) is 16.2 Å². The van der Waals surface area contributed by atoms with E-state index < -0.39 is 0 Å². The number of carbonyl (C=O) groups is 1. The van der Waals surface area contributed by atoms with Gasteiger partial charge in [-0.05, 0) is 23.8 Å². The number of thiophene rings is 1. The number of nitrogens with one attached hydrogen (secondary N) is 1. The molecule has 6 nitrogen and oxygen atoms in total. The summed E-state index contributed by atoms with van der Waals surface area (Å²) in [6.07, 6.45) is 1.41. The molecule has 28 heavy (non-hydrogen) atoms. The van der Waals surface area contributed by atoms with Crippen LogP contribution in [0.1, 0.15) is 0 Å². The van der Waals surface area contributed by atoms with Gasteiger partial charge in [-0.25, -0.2) is 4.98 Å². The van der Waals surface area contributed by atoms with E-state index in [1.807, 2.05) is 42.5 Å². The number of para-hydroxylation sites is 2. The third kappa shape index (κ3) is 3.52. The highest BCUT2D eigenvalue weighted by Gasteiger charge is 2.13. The minimum Gasteiger partial charge on any atom is -0.495 e. The van der Waals surface area contributed by atoms with Gasteiger partial charge in [-0.1, -0.05) is 42.5 Å². The number of hydrogen-bond donors (Lipinski definition) is 1. The molecule has 0 aliphatic heterocycles. The molecule has 0 unspecified atom stereocenters. The molecule has 7 heteroatoms. The van der Waals surface area contributed by atoms with Crippen molar-refractivity contribution in [2.24, 2.45) is 0 Å². The third-order valence-electron chi connectivity index (χ3n) is 4.27. The monoisotopic (exact) mass is 391 g/mol. The molecule has 0 aliphatic carbocycles. The normalized spacial score (nSPS) is 10.8. The highest BCUT2D eigenvalue weighted by atomic mass is 32.1. The fraction of sp³-hybridized carbons (Fsp3) is 0.0952. The van der Waals surface area contributed by atoms with Crippen LogP contribution in [0.25, 0.3) is 20.7 Å². The summed E-state index contributed by atoms with van der Waals surface area (Å²) in [4.78, 5) is 31.2. The Labute approximate surface area is 165 Å². The van der Waals surface area contributed by atoms with Crippen molar-refractivity contribution < 1.29 is 9.53 Å². The number of anilines is 1. The lowest BCUT2D eigenvalue weighted by atomic mass is 10.2. The molecular formula is C21H17N3O3S. The Morgan fingerprint density at radius 3 is 2.68 bits per heavy atom. The number of nitrogens with zero attached hydrogens (tertiary/aromatic N) is 2. The van der Waals surface area contributed by atoms with Crippen molar-refractivity contribution in [2.75, 3.05) is 12.4 Å². The lowest BCUT2D eigenvalue weighted by molar-refractivity contribution is -0.116. The Bertz CT molecular complexity index is 1200. The highest BCUT2D eigenvalue weighted by molar-refractivity contribution is 7.21. The van der Waals surface area contributed by atoms with Crippen molar-refractivity contribution in [3.63, 3.8) is 0 Å². The maximum absolute atomic E-state index is 12.8. The fourth-order valence-corrected chi connectivity index (χ4v) is 3.90. The molecule has 2 heterocycles. The van der Waals surface area contributed by atoms with E-state index in [9.17, 15) is 9.59 Å². The maximum atomic E-state index is 12.8. The summed E-state index contributed by atoms with van der Waals surface area (Å²) >= 11 is 1.46. The van der Waals surface area contributed by atoms with Crippen LogP contribution in [0.3, 0.4) is 0 Å². The fourth-order valence-electron chi connectivity index (χ4n) is 2.91. The summed E-state index contributed by atoms with van der Waals surface area (Å²) in [5, 5.41) is 3.28. The number of amides is 1. The van der Waals surface area contributed by atoms with Crippen molar-refractivity contribution >= 4 is 33.1 Å². The van der Waals surface area contributed by atoms with Crippen LogP contribution < -0.4 is 15.6 Å². The number of methoxy groups -OCH3 is 1. The van der Waals surface area contributed by atoms with Crippen LogP contribution in [-0.4, -0.2) is 22.6 Å². The number of fused-ring (bicyclic) bond motifs is 1. The van der Waals surface area contributed by atoms with Gasteiger partial charge < -0.3 is 10.1 Å². The number of carbonyl (C=O) groups excluding carboxylic acids is 1. The van der Waals surface area contributed by atoms with Crippen molar-refractivity contribution in [3.05, 3.63) is 77.3 Å². The minimum absolute atomic E-state index is 0.129. The van der Waals surface area contributed by atoms with Crippen LogP contribution in [0.2, 0.25) is 0 Å². The summed E-state index contributed by atoms with van der Waals surface area (Å²) in [5.74, 6) is 0.230. The van der Waals surface area contributed by atoms with E-state index >= 15 is 0 Å². The molecule has 4 aromatic rings. The van der Waals surface area contributed by atoms with E-state index in [-0.39, 0.29) is 18.0 Å². The molecule has 0 atom stereocenters. The summed E-state index contributed by atoms with van der Waals surface area (Å²) in [7, 11) is 1.54. The first kappa shape index (κ1) is 17.9. The smallest absolute Gasteiger partial charge is 0.262 e. The van der Waals surface area contributed by atoms with Gasteiger partial charge in [-0.2, -0.15) is 0 Å². The molecule has 0 saturated heterocycles. The summed E-state index contributed by atoms with van der Waals surface area (Å²) in [5.41, 5.74) is 1.35. The second-order valence-electron chi connectivity index (χ2n) is 6.12. The van der Waals surface area contributed by atoms with Gasteiger partial charge >= 0.3 is 0 Å². The second kappa shape index (κ2) is 7.66. The SMILES string of the molecule is COc1ccccc1NC(=O)Cn1cnc2sc(-c3ccccc3)cc2c1=O. The Morgan fingerprint density at radius 2 is 1.89 bits per heavy atom. The van der Waals surface area contributed by atoms with Crippen molar-refractivity contribution in [1.29, 1.82) is 0 Å². The first-order chi connectivity index (χ1) is 13.7. The van der Waals surface area contributed by atoms with E-state index in [1.165, 1.54) is 29.3 Å². The van der Waals surface area contributed by atoms with Gasteiger partial charge in [0.15, 0.2) is 0 Å². The van der Waals surface area contributed by atoms with E-state index in [1.54, 1.807) is 18.2 Å². The van der Waals surface area contributed by atoms with E-state index in [0.29, 0.717) is 21.7 Å². The van der Waals surface area contributed by atoms with Gasteiger partial charge in [0.2, 0.25) is 5.91 Å². The predicted octanol–water partition coefficient (Wildman–Crippen LogP) is 3.77. The largest absolute Gasteiger partial charge is 0.495 e. The third-order valence-corrected chi connectivity index (χ3v) is 5.36. The zero-order valence-corrected chi connectivity index (χ0v) is 15.9. The van der Waals surface area contributed by atoms with E-state index in [0.717, 1.165) is 10.4 Å². The summed E-state index contributed by atoms with van der Waals surface area (Å²) < 4.78 is 6.54. The van der Waals surface area contributed by atoms with Gasteiger partial charge in [-0.15, -0.1) is 11.3 Å². The first-order valence-electron chi connectivity index (χ1n) is 8.63. The maximum Gasteiger partial charge on any atom is 0.262 e. The number of rotatable bonds is 5. The number of ether oxygens (including phenoxy) is 1. The van der Waals surface area contributed by atoms with Crippen LogP contribution >= 0.6 is 11.3 Å². The number of benzene rings is 2. The van der Waals surface area contributed by atoms with Crippen LogP contribution in [0, 0.1) is 0 Å². The van der Waals surface area contributed by atoms with E-state index in [4.69, 9.17) is 4.74 Å². The highest BCUT2D eigenvalue weighted by Crippen LogP contribution is 2.30. The Kier molecular flexibility index (Phi) is 4.90. The van der Waals surface area contributed by atoms with Crippen LogP contribution in [0.4, 0.5) is 5.69 Å². The zero-order valence-electron chi connectivity index (χ0n) is 15.1. The Balaban J connectivity index is 1.60. The molecular weight excluding hydrogens is 374 g/mol. The Hall–Kier alpha value is -3.45. The van der Waals surface area contributed by atoms with Crippen LogP contribution in [0.15, 0.2) is 71.8 Å². The van der Waals surface area contributed by atoms with Gasteiger partial charge in [0.1, 0.15) is 17.1 Å². The van der Waals surface area contributed by atoms with Crippen LogP contribution in [0.5, 0.6) is 5.75 Å². The number of hydrogen-bond acceptors (Lipinski definition) is 5. The molecule has 0 radical (unpaired) electrons. The molecule has 2 aromatic carbocycles. The van der Waals surface area contributed by atoms with Gasteiger partial charge in [0, 0.05) is 4.88 Å². The molecule has 0 spiro atoms. The molecule has 1 amide bonds. The molecule has 0 fully saturated rings. The molecule has 140 valence electrons. The lowest BCUT2D eigenvalue weighted by Gasteiger charge is -2.10. The van der Waals surface area contributed by atoms with Gasteiger partial charge in [-0.3, -0.25) is 14.2 Å². The van der Waals surface area contributed by atoms with Gasteiger partial charge in [0.25, 0.3) is 5.56 Å². The standard InChI is InChI=1S/C21H17N3O3S/c1-27-17-10-6-5-9-16(17)23-19(25)12-24-13-22-20-15(21(24)26)11-18(28-20)14-7-3-2-4-8-14/h2-11,13H,12H2,1H3,(H,23,25). The van der Waals surface area contributed by atoms with Crippen molar-refractivity contribution in [2.45, 2.75) is 6.54 Å². The molecule has 0 bridgehead atoms. The summed E-state index contributed by atoms with van der Waals surface area (Å²) in [6.45, 7) is -0.129. The quantitative estimate of drug-likeness (QED) is 0.562. The minimum atomic E-state index is -0.328. The number of aromatic nitrogens is 2. The van der Waals surface area contributed by atoms with Crippen LogP contribution in [-0.2, 0) is 11.3 Å². The average molecular weight is 391 g/mol. The molecule has 4 rings (SSSR count). The lowest BCUT2D eigenvalue weighted by Crippen LogP contribution is -2.27. The predicted molar refractivity (Wildman–Crippen MR) is 111 cm³/mol.